The van der Waals surface area contributed by atoms with E-state index < -0.39 is 0 Å². The molecule has 2 aromatic rings. The van der Waals surface area contributed by atoms with E-state index in [9.17, 15) is 0 Å². The molecule has 1 heterocycles. The molecule has 1 N–H and O–H groups in total. The van der Waals surface area contributed by atoms with Crippen LogP contribution < -0.4 is 5.32 Å². The van der Waals surface area contributed by atoms with Gasteiger partial charge in [-0.3, -0.25) is 4.98 Å². The minimum Gasteiger partial charge on any atom is -0.313 e. The molecular weight excluding hydrogens is 256 g/mol. The third-order valence-corrected chi connectivity index (χ3v) is 4.65. The molecule has 0 amide bonds. The molecule has 1 saturated carbocycles. The van der Waals surface area contributed by atoms with Crippen LogP contribution in [-0.4, -0.2) is 12.0 Å². The molecule has 3 rings (SSSR count). The molecule has 1 aromatic heterocycles. The second-order valence-electron chi connectivity index (χ2n) is 6.00. The Morgan fingerprint density at radius 1 is 1.19 bits per heavy atom. The lowest BCUT2D eigenvalue weighted by atomic mass is 9.79. The molecule has 0 aliphatic heterocycles. The van der Waals surface area contributed by atoms with Gasteiger partial charge in [0.25, 0.3) is 0 Å². The van der Waals surface area contributed by atoms with Crippen LogP contribution in [0, 0.1) is 0 Å². The van der Waals surface area contributed by atoms with E-state index in [0.717, 1.165) is 18.8 Å². The molecule has 2 nitrogen and oxygen atoms in total. The van der Waals surface area contributed by atoms with Gasteiger partial charge in [0.1, 0.15) is 0 Å². The second kappa shape index (κ2) is 6.86. The zero-order chi connectivity index (χ0) is 14.5. The van der Waals surface area contributed by atoms with Gasteiger partial charge in [-0.15, -0.1) is 0 Å². The Morgan fingerprint density at radius 3 is 2.76 bits per heavy atom. The number of benzene rings is 1. The van der Waals surface area contributed by atoms with Crippen LogP contribution in [-0.2, 0) is 6.42 Å². The molecule has 0 saturated heterocycles. The Balaban J connectivity index is 1.67. The molecule has 0 bridgehead atoms. The molecule has 1 aliphatic rings. The topological polar surface area (TPSA) is 24.9 Å². The highest BCUT2D eigenvalue weighted by Crippen LogP contribution is 2.37. The van der Waals surface area contributed by atoms with E-state index in [2.05, 4.69) is 53.7 Å². The molecule has 1 aromatic carbocycles. The highest BCUT2D eigenvalue weighted by molar-refractivity contribution is 5.29. The fourth-order valence-corrected chi connectivity index (χ4v) is 3.09. The van der Waals surface area contributed by atoms with Crippen LogP contribution in [0.4, 0.5) is 0 Å². The first-order valence-corrected chi connectivity index (χ1v) is 8.04. The van der Waals surface area contributed by atoms with Gasteiger partial charge in [-0.25, -0.2) is 0 Å². The van der Waals surface area contributed by atoms with E-state index in [0.29, 0.717) is 6.04 Å². The highest BCUT2D eigenvalue weighted by Gasteiger charge is 2.20. The molecule has 1 aliphatic carbocycles. The maximum Gasteiger partial charge on any atom is 0.0404 e. The molecular formula is C19H24N2. The predicted octanol–water partition coefficient (Wildman–Crippen LogP) is 4.24. The lowest BCUT2D eigenvalue weighted by Gasteiger charge is -2.27. The summed E-state index contributed by atoms with van der Waals surface area (Å²) in [6.45, 7) is 0. The van der Waals surface area contributed by atoms with Crippen molar-refractivity contribution in [1.29, 1.82) is 0 Å². The zero-order valence-corrected chi connectivity index (χ0v) is 12.8. The number of pyridine rings is 1. The van der Waals surface area contributed by atoms with E-state index in [1.807, 2.05) is 12.3 Å². The number of hydrogen-bond donors (Lipinski definition) is 1. The predicted molar refractivity (Wildman–Crippen MR) is 87.4 cm³/mol. The summed E-state index contributed by atoms with van der Waals surface area (Å²) in [7, 11) is 2.05. The Morgan fingerprint density at radius 2 is 2.10 bits per heavy atom. The summed E-state index contributed by atoms with van der Waals surface area (Å²) in [4.78, 5) is 4.42. The van der Waals surface area contributed by atoms with Crippen molar-refractivity contribution in [3.05, 3.63) is 65.5 Å². The molecule has 2 heteroatoms. The third-order valence-electron chi connectivity index (χ3n) is 4.65. The van der Waals surface area contributed by atoms with Crippen molar-refractivity contribution in [3.63, 3.8) is 0 Å². The van der Waals surface area contributed by atoms with Crippen LogP contribution in [0.15, 0.2) is 48.7 Å². The fraction of sp³-hybridized carbons (Fsp3) is 0.421. The van der Waals surface area contributed by atoms with Crippen LogP contribution >= 0.6 is 0 Å². The van der Waals surface area contributed by atoms with Crippen molar-refractivity contribution in [2.75, 3.05) is 7.05 Å². The zero-order valence-electron chi connectivity index (χ0n) is 12.8. The minimum absolute atomic E-state index is 0.409. The van der Waals surface area contributed by atoms with Gasteiger partial charge in [0.2, 0.25) is 0 Å². The average Bonchev–Trinajstić information content (AvgIpc) is 2.48. The maximum absolute atomic E-state index is 4.42. The monoisotopic (exact) mass is 280 g/mol. The van der Waals surface area contributed by atoms with Crippen LogP contribution in [0.1, 0.15) is 54.5 Å². The number of rotatable bonds is 6. The lowest BCUT2D eigenvalue weighted by Crippen LogP contribution is -2.18. The van der Waals surface area contributed by atoms with Gasteiger partial charge in [-0.1, -0.05) is 36.8 Å². The fourth-order valence-electron chi connectivity index (χ4n) is 3.09. The number of hydrogen-bond acceptors (Lipinski definition) is 2. The molecule has 1 fully saturated rings. The largest absolute Gasteiger partial charge is 0.313 e. The first-order chi connectivity index (χ1) is 10.4. The second-order valence-corrected chi connectivity index (χ2v) is 6.00. The van der Waals surface area contributed by atoms with Crippen molar-refractivity contribution >= 4 is 0 Å². The Kier molecular flexibility index (Phi) is 4.66. The van der Waals surface area contributed by atoms with Crippen LogP contribution in [0.2, 0.25) is 0 Å². The Hall–Kier alpha value is -1.67. The van der Waals surface area contributed by atoms with E-state index >= 15 is 0 Å². The van der Waals surface area contributed by atoms with Gasteiger partial charge in [-0.2, -0.15) is 0 Å². The standard InChI is InChI=1S/C19H24N2/c1-20-19(12-11-18-10-2-3-13-21-18)17-9-5-8-16(14-17)15-6-4-7-15/h2-3,5,8-10,13-15,19-20H,4,6-7,11-12H2,1H3. The van der Waals surface area contributed by atoms with Gasteiger partial charge in [0.15, 0.2) is 0 Å². The summed E-state index contributed by atoms with van der Waals surface area (Å²) < 4.78 is 0. The number of nitrogens with zero attached hydrogens (tertiary/aromatic N) is 1. The maximum atomic E-state index is 4.42. The van der Waals surface area contributed by atoms with Crippen LogP contribution in [0.5, 0.6) is 0 Å². The van der Waals surface area contributed by atoms with Crippen molar-refractivity contribution in [2.24, 2.45) is 0 Å². The van der Waals surface area contributed by atoms with Gasteiger partial charge in [0.05, 0.1) is 0 Å². The SMILES string of the molecule is CNC(CCc1ccccn1)c1cccc(C2CCC2)c1. The average molecular weight is 280 g/mol. The van der Waals surface area contributed by atoms with Gasteiger partial charge >= 0.3 is 0 Å². The van der Waals surface area contributed by atoms with Crippen molar-refractivity contribution in [2.45, 2.75) is 44.1 Å². The lowest BCUT2D eigenvalue weighted by molar-refractivity contribution is 0.419. The first kappa shape index (κ1) is 14.3. The van der Waals surface area contributed by atoms with Crippen molar-refractivity contribution in [3.8, 4) is 0 Å². The molecule has 1 unspecified atom stereocenters. The third kappa shape index (κ3) is 3.51. The van der Waals surface area contributed by atoms with E-state index in [-0.39, 0.29) is 0 Å². The minimum atomic E-state index is 0.409. The molecule has 0 spiro atoms. The number of aryl methyl sites for hydroxylation is 1. The highest BCUT2D eigenvalue weighted by atomic mass is 14.9. The Bertz CT molecular complexity index is 561. The number of aromatic nitrogens is 1. The van der Waals surface area contributed by atoms with Gasteiger partial charge in [-0.05, 0) is 61.9 Å². The normalized spacial score (nSPS) is 16.4. The summed E-state index contributed by atoms with van der Waals surface area (Å²) in [6.07, 6.45) is 8.09. The van der Waals surface area contributed by atoms with Crippen molar-refractivity contribution in [1.82, 2.24) is 10.3 Å². The molecule has 21 heavy (non-hydrogen) atoms. The smallest absolute Gasteiger partial charge is 0.0404 e. The van der Waals surface area contributed by atoms with Crippen LogP contribution in [0.3, 0.4) is 0 Å². The van der Waals surface area contributed by atoms with E-state index in [1.54, 1.807) is 0 Å². The quantitative estimate of drug-likeness (QED) is 0.856. The molecule has 0 radical (unpaired) electrons. The summed E-state index contributed by atoms with van der Waals surface area (Å²) >= 11 is 0. The van der Waals surface area contributed by atoms with Gasteiger partial charge in [0, 0.05) is 17.9 Å². The first-order valence-electron chi connectivity index (χ1n) is 8.04. The Labute approximate surface area is 127 Å². The van der Waals surface area contributed by atoms with E-state index in [1.165, 1.54) is 36.1 Å². The molecule has 110 valence electrons. The molecule has 1 atom stereocenters. The summed E-state index contributed by atoms with van der Waals surface area (Å²) in [6, 6.07) is 15.7. The number of nitrogens with one attached hydrogen (secondary N) is 1. The summed E-state index contributed by atoms with van der Waals surface area (Å²) in [5.74, 6) is 0.804. The van der Waals surface area contributed by atoms with Crippen molar-refractivity contribution < 1.29 is 0 Å². The summed E-state index contributed by atoms with van der Waals surface area (Å²) in [5.41, 5.74) is 4.11. The van der Waals surface area contributed by atoms with Crippen LogP contribution in [0.25, 0.3) is 0 Å². The summed E-state index contributed by atoms with van der Waals surface area (Å²) in [5, 5.41) is 3.46. The van der Waals surface area contributed by atoms with Gasteiger partial charge < -0.3 is 5.32 Å². The van der Waals surface area contributed by atoms with E-state index in [4.69, 9.17) is 0 Å².